The standard InChI is InChI=1S/C23H33F5O/c1-2-16-3-5-17(6-4-16)18-7-9-19(10-8-18)20-11-13-21(14-12-20)29-23(27,28)22(25,26)15-24/h11-13,16-19,21H,2-10,14-15H2,1H3. The predicted octanol–water partition coefficient (Wildman–Crippen LogP) is 7.48. The molecule has 0 aromatic heterocycles. The van der Waals surface area contributed by atoms with E-state index in [1.807, 2.05) is 6.08 Å². The number of halogens is 5. The fourth-order valence-electron chi connectivity index (χ4n) is 5.35. The summed E-state index contributed by atoms with van der Waals surface area (Å²) in [6.45, 7) is -0.161. The summed E-state index contributed by atoms with van der Waals surface area (Å²) in [6.07, 6.45) is 10.4. The molecule has 6 heteroatoms. The highest BCUT2D eigenvalue weighted by molar-refractivity contribution is 5.27. The minimum atomic E-state index is -4.81. The number of hydrogen-bond acceptors (Lipinski definition) is 1. The summed E-state index contributed by atoms with van der Waals surface area (Å²) in [7, 11) is 0. The SMILES string of the molecule is CCC1CCC(C2CCC(C3=CCC(OC(F)(F)C(F)(F)CF)C=C3)CC2)CC1. The smallest absolute Gasteiger partial charge is 0.308 e. The van der Waals surface area contributed by atoms with Crippen LogP contribution in [0, 0.1) is 23.7 Å². The maximum Gasteiger partial charge on any atom is 0.422 e. The lowest BCUT2D eigenvalue weighted by Crippen LogP contribution is -2.46. The van der Waals surface area contributed by atoms with E-state index in [0.29, 0.717) is 5.92 Å². The minimum Gasteiger partial charge on any atom is -0.308 e. The Morgan fingerprint density at radius 3 is 2.00 bits per heavy atom. The molecule has 0 N–H and O–H groups in total. The lowest BCUT2D eigenvalue weighted by atomic mass is 9.68. The Hall–Kier alpha value is -0.910. The molecule has 0 amide bonds. The predicted molar refractivity (Wildman–Crippen MR) is 104 cm³/mol. The Labute approximate surface area is 170 Å². The summed E-state index contributed by atoms with van der Waals surface area (Å²) in [5.41, 5.74) is 1.10. The van der Waals surface area contributed by atoms with E-state index in [1.165, 1.54) is 51.0 Å². The van der Waals surface area contributed by atoms with Crippen molar-refractivity contribution in [1.82, 2.24) is 0 Å². The van der Waals surface area contributed by atoms with Crippen LogP contribution in [0.2, 0.25) is 0 Å². The largest absolute Gasteiger partial charge is 0.422 e. The first kappa shape index (κ1) is 22.8. The highest BCUT2D eigenvalue weighted by atomic mass is 19.3. The molecule has 0 radical (unpaired) electrons. The van der Waals surface area contributed by atoms with Gasteiger partial charge in [-0.1, -0.05) is 44.4 Å². The zero-order valence-electron chi connectivity index (χ0n) is 17.2. The number of hydrogen-bond donors (Lipinski definition) is 0. The molecule has 1 nitrogen and oxygen atoms in total. The van der Waals surface area contributed by atoms with E-state index in [2.05, 4.69) is 11.7 Å². The molecule has 0 bridgehead atoms. The fourth-order valence-corrected chi connectivity index (χ4v) is 5.35. The Morgan fingerprint density at radius 1 is 0.931 bits per heavy atom. The molecule has 0 aromatic carbocycles. The van der Waals surface area contributed by atoms with Crippen LogP contribution in [-0.4, -0.2) is 24.8 Å². The van der Waals surface area contributed by atoms with Crippen molar-refractivity contribution in [3.63, 3.8) is 0 Å². The van der Waals surface area contributed by atoms with Crippen molar-refractivity contribution in [1.29, 1.82) is 0 Å². The van der Waals surface area contributed by atoms with Gasteiger partial charge in [0.15, 0.2) is 6.67 Å². The average molecular weight is 421 g/mol. The Balaban J connectivity index is 1.45. The molecule has 0 saturated heterocycles. The third-order valence-corrected chi connectivity index (χ3v) is 7.36. The van der Waals surface area contributed by atoms with Crippen molar-refractivity contribution in [3.05, 3.63) is 23.8 Å². The van der Waals surface area contributed by atoms with Crippen LogP contribution in [0.15, 0.2) is 23.8 Å². The van der Waals surface area contributed by atoms with Crippen molar-refractivity contribution in [2.45, 2.75) is 89.3 Å². The summed E-state index contributed by atoms with van der Waals surface area (Å²) in [4.78, 5) is 0. The molecule has 1 unspecified atom stereocenters. The summed E-state index contributed by atoms with van der Waals surface area (Å²) < 4.78 is 69.3. The van der Waals surface area contributed by atoms with E-state index in [1.54, 1.807) is 6.08 Å². The van der Waals surface area contributed by atoms with Gasteiger partial charge in [-0.3, -0.25) is 0 Å². The number of allylic oxidation sites excluding steroid dienone is 2. The highest BCUT2D eigenvalue weighted by Gasteiger charge is 2.59. The molecular weight excluding hydrogens is 387 g/mol. The number of ether oxygens (including phenoxy) is 1. The van der Waals surface area contributed by atoms with Crippen molar-refractivity contribution < 1.29 is 26.7 Å². The summed E-state index contributed by atoms with van der Waals surface area (Å²) in [5, 5.41) is 0. The van der Waals surface area contributed by atoms with Gasteiger partial charge in [-0.15, -0.1) is 0 Å². The first-order valence-electron chi connectivity index (χ1n) is 11.1. The van der Waals surface area contributed by atoms with Crippen LogP contribution in [0.1, 0.15) is 71.1 Å². The van der Waals surface area contributed by atoms with Gasteiger partial charge in [0.2, 0.25) is 0 Å². The molecule has 0 aliphatic heterocycles. The zero-order chi connectivity index (χ0) is 21.1. The average Bonchev–Trinajstić information content (AvgIpc) is 2.74. The molecule has 3 aliphatic carbocycles. The van der Waals surface area contributed by atoms with Crippen LogP contribution < -0.4 is 0 Å². The normalized spacial score (nSPS) is 34.1. The van der Waals surface area contributed by atoms with Crippen molar-refractivity contribution in [2.75, 3.05) is 6.67 Å². The molecule has 0 spiro atoms. The van der Waals surface area contributed by atoms with Gasteiger partial charge in [-0.25, -0.2) is 4.39 Å². The number of alkyl halides is 5. The zero-order valence-corrected chi connectivity index (χ0v) is 17.2. The number of rotatable bonds is 7. The topological polar surface area (TPSA) is 9.23 Å². The molecule has 166 valence electrons. The van der Waals surface area contributed by atoms with Gasteiger partial charge < -0.3 is 4.74 Å². The molecule has 2 saturated carbocycles. The van der Waals surface area contributed by atoms with E-state index in [4.69, 9.17) is 0 Å². The first-order chi connectivity index (χ1) is 13.8. The third kappa shape index (κ3) is 5.42. The summed E-state index contributed by atoms with van der Waals surface area (Å²) >= 11 is 0. The molecule has 0 heterocycles. The van der Waals surface area contributed by atoms with Crippen LogP contribution in [0.4, 0.5) is 22.0 Å². The van der Waals surface area contributed by atoms with Gasteiger partial charge >= 0.3 is 12.0 Å². The maximum absolute atomic E-state index is 13.4. The van der Waals surface area contributed by atoms with E-state index in [-0.39, 0.29) is 6.42 Å². The Morgan fingerprint density at radius 2 is 1.52 bits per heavy atom. The van der Waals surface area contributed by atoms with E-state index in [9.17, 15) is 22.0 Å². The third-order valence-electron chi connectivity index (χ3n) is 7.36. The second kappa shape index (κ2) is 9.49. The van der Waals surface area contributed by atoms with Crippen LogP contribution in [0.3, 0.4) is 0 Å². The lowest BCUT2D eigenvalue weighted by molar-refractivity contribution is -0.358. The molecule has 2 fully saturated rings. The van der Waals surface area contributed by atoms with Gasteiger partial charge in [0.25, 0.3) is 0 Å². The van der Waals surface area contributed by atoms with E-state index >= 15 is 0 Å². The first-order valence-corrected chi connectivity index (χ1v) is 11.1. The fraction of sp³-hybridized carbons (Fsp3) is 0.826. The van der Waals surface area contributed by atoms with Crippen molar-refractivity contribution in [3.8, 4) is 0 Å². The molecule has 29 heavy (non-hydrogen) atoms. The second-order valence-corrected chi connectivity index (χ2v) is 9.11. The summed E-state index contributed by atoms with van der Waals surface area (Å²) in [6, 6.07) is 0. The van der Waals surface area contributed by atoms with Crippen LogP contribution in [0.25, 0.3) is 0 Å². The van der Waals surface area contributed by atoms with Gasteiger partial charge in [0.1, 0.15) is 0 Å². The summed E-state index contributed by atoms with van der Waals surface area (Å²) in [5.74, 6) is -1.84. The minimum absolute atomic E-state index is 0.116. The lowest BCUT2D eigenvalue weighted by Gasteiger charge is -2.38. The molecule has 1 atom stereocenters. The quantitative estimate of drug-likeness (QED) is 0.388. The molecule has 3 rings (SSSR count). The van der Waals surface area contributed by atoms with Crippen LogP contribution in [-0.2, 0) is 4.74 Å². The van der Waals surface area contributed by atoms with Crippen molar-refractivity contribution >= 4 is 0 Å². The van der Waals surface area contributed by atoms with Gasteiger partial charge in [-0.05, 0) is 74.2 Å². The van der Waals surface area contributed by atoms with Gasteiger partial charge in [0.05, 0.1) is 6.10 Å². The van der Waals surface area contributed by atoms with Crippen LogP contribution in [0.5, 0.6) is 0 Å². The molecule has 3 aliphatic rings. The molecule has 0 aromatic rings. The molecular formula is C23H33F5O. The van der Waals surface area contributed by atoms with Gasteiger partial charge in [-0.2, -0.15) is 17.6 Å². The highest BCUT2D eigenvalue weighted by Crippen LogP contribution is 2.44. The van der Waals surface area contributed by atoms with Gasteiger partial charge in [0, 0.05) is 0 Å². The van der Waals surface area contributed by atoms with E-state index in [0.717, 1.165) is 36.2 Å². The Bertz CT molecular complexity index is 584. The monoisotopic (exact) mass is 420 g/mol. The Kier molecular flexibility index (Phi) is 7.45. The van der Waals surface area contributed by atoms with Crippen LogP contribution >= 0.6 is 0 Å². The second-order valence-electron chi connectivity index (χ2n) is 9.11. The van der Waals surface area contributed by atoms with Crippen molar-refractivity contribution in [2.24, 2.45) is 23.7 Å². The maximum atomic E-state index is 13.4. The van der Waals surface area contributed by atoms with E-state index < -0.39 is 24.8 Å².